The van der Waals surface area contributed by atoms with Crippen molar-refractivity contribution in [2.24, 2.45) is 0 Å². The number of benzene rings is 2. The number of nitrogens with one attached hydrogen (secondary N) is 1. The Kier molecular flexibility index (Phi) is 6.37. The number of nitriles is 1. The smallest absolute Gasteiger partial charge is 0.251 e. The van der Waals surface area contributed by atoms with E-state index in [2.05, 4.69) is 5.32 Å². The highest BCUT2D eigenvalue weighted by molar-refractivity contribution is 6.32. The molecule has 26 heavy (non-hydrogen) atoms. The summed E-state index contributed by atoms with van der Waals surface area (Å²) in [5.74, 6) is -0.454. The van der Waals surface area contributed by atoms with Gasteiger partial charge in [0.25, 0.3) is 5.91 Å². The minimum atomic E-state index is -0.564. The zero-order chi connectivity index (χ0) is 19.3. The second kappa shape index (κ2) is 8.50. The van der Waals surface area contributed by atoms with E-state index in [1.165, 1.54) is 4.90 Å². The average Bonchev–Trinajstić information content (AvgIpc) is 2.65. The van der Waals surface area contributed by atoms with E-state index in [4.69, 9.17) is 16.9 Å². The molecule has 0 saturated heterocycles. The third-order valence-corrected chi connectivity index (χ3v) is 4.31. The molecule has 0 saturated carbocycles. The summed E-state index contributed by atoms with van der Waals surface area (Å²) in [5, 5.41) is 12.1. The normalized spacial score (nSPS) is 11.3. The summed E-state index contributed by atoms with van der Waals surface area (Å²) < 4.78 is 0. The first kappa shape index (κ1) is 19.5. The van der Waals surface area contributed by atoms with E-state index in [-0.39, 0.29) is 11.8 Å². The van der Waals surface area contributed by atoms with Crippen LogP contribution in [0.1, 0.15) is 29.3 Å². The fourth-order valence-corrected chi connectivity index (χ4v) is 2.74. The molecule has 6 heteroatoms. The predicted molar refractivity (Wildman–Crippen MR) is 102 cm³/mol. The van der Waals surface area contributed by atoms with Crippen molar-refractivity contribution in [3.05, 3.63) is 58.6 Å². The zero-order valence-corrected chi connectivity index (χ0v) is 15.7. The standard InChI is InChI=1S/C20H20ClN3O2/c1-4-18(20(26)24(2)3)23-19(25)15-7-5-6-13(10-15)14-8-9-16(12-22)17(21)11-14/h5-11,18H,4H2,1-3H3,(H,23,25)/t18-/m1/s1. The maximum atomic E-state index is 12.5. The highest BCUT2D eigenvalue weighted by atomic mass is 35.5. The van der Waals surface area contributed by atoms with Gasteiger partial charge in [0.1, 0.15) is 12.1 Å². The SMILES string of the molecule is CC[C@@H](NC(=O)c1cccc(-c2ccc(C#N)c(Cl)c2)c1)C(=O)N(C)C. The highest BCUT2D eigenvalue weighted by Gasteiger charge is 2.21. The average molecular weight is 370 g/mol. The number of carbonyl (C=O) groups excluding carboxylic acids is 2. The van der Waals surface area contributed by atoms with Crippen LogP contribution in [0.5, 0.6) is 0 Å². The van der Waals surface area contributed by atoms with Crippen molar-refractivity contribution < 1.29 is 9.59 Å². The molecule has 1 N–H and O–H groups in total. The summed E-state index contributed by atoms with van der Waals surface area (Å²) in [6.07, 6.45) is 0.508. The van der Waals surface area contributed by atoms with Gasteiger partial charge < -0.3 is 10.2 Å². The molecule has 0 aliphatic rings. The Balaban J connectivity index is 2.26. The second-order valence-corrected chi connectivity index (χ2v) is 6.46. The Labute approximate surface area is 158 Å². The molecule has 1 atom stereocenters. The third kappa shape index (κ3) is 4.41. The topological polar surface area (TPSA) is 73.2 Å². The van der Waals surface area contributed by atoms with Crippen molar-refractivity contribution in [1.29, 1.82) is 5.26 Å². The fourth-order valence-electron chi connectivity index (χ4n) is 2.52. The molecule has 2 aromatic carbocycles. The molecule has 5 nitrogen and oxygen atoms in total. The molecule has 134 valence electrons. The van der Waals surface area contributed by atoms with E-state index in [0.29, 0.717) is 22.6 Å². The second-order valence-electron chi connectivity index (χ2n) is 6.05. The summed E-state index contributed by atoms with van der Waals surface area (Å²) in [6, 6.07) is 13.6. The summed E-state index contributed by atoms with van der Waals surface area (Å²) in [6.45, 7) is 1.85. The number of amides is 2. The Bertz CT molecular complexity index is 872. The third-order valence-electron chi connectivity index (χ3n) is 4.00. The van der Waals surface area contributed by atoms with Crippen molar-refractivity contribution in [3.8, 4) is 17.2 Å². The molecule has 0 aromatic heterocycles. The van der Waals surface area contributed by atoms with Crippen LogP contribution in [0.15, 0.2) is 42.5 Å². The van der Waals surface area contributed by atoms with Crippen LogP contribution in [0, 0.1) is 11.3 Å². The molecule has 2 rings (SSSR count). The number of hydrogen-bond donors (Lipinski definition) is 1. The van der Waals surface area contributed by atoms with Gasteiger partial charge in [-0.25, -0.2) is 0 Å². The minimum absolute atomic E-state index is 0.143. The van der Waals surface area contributed by atoms with Crippen LogP contribution in [0.2, 0.25) is 5.02 Å². The van der Waals surface area contributed by atoms with E-state index in [0.717, 1.165) is 11.1 Å². The lowest BCUT2D eigenvalue weighted by atomic mass is 10.0. The quantitative estimate of drug-likeness (QED) is 0.876. The van der Waals surface area contributed by atoms with Gasteiger partial charge in [0.15, 0.2) is 0 Å². The molecule has 0 bridgehead atoms. The molecular weight excluding hydrogens is 350 g/mol. The van der Waals surface area contributed by atoms with Gasteiger partial charge in [0, 0.05) is 19.7 Å². The van der Waals surface area contributed by atoms with Gasteiger partial charge in [-0.2, -0.15) is 5.26 Å². The maximum absolute atomic E-state index is 12.5. The molecule has 0 fully saturated rings. The van der Waals surface area contributed by atoms with Crippen LogP contribution in [0.4, 0.5) is 0 Å². The van der Waals surface area contributed by atoms with Gasteiger partial charge in [0.05, 0.1) is 10.6 Å². The zero-order valence-electron chi connectivity index (χ0n) is 14.9. The highest BCUT2D eigenvalue weighted by Crippen LogP contribution is 2.26. The van der Waals surface area contributed by atoms with Crippen molar-refractivity contribution in [1.82, 2.24) is 10.2 Å². The summed E-state index contributed by atoms with van der Waals surface area (Å²) >= 11 is 6.09. The lowest BCUT2D eigenvalue weighted by Crippen LogP contribution is -2.45. The van der Waals surface area contributed by atoms with E-state index in [1.54, 1.807) is 50.5 Å². The molecule has 0 unspecified atom stereocenters. The van der Waals surface area contributed by atoms with Crippen LogP contribution in [0.25, 0.3) is 11.1 Å². The van der Waals surface area contributed by atoms with Crippen LogP contribution < -0.4 is 5.32 Å². The Morgan fingerprint density at radius 2 is 1.88 bits per heavy atom. The van der Waals surface area contributed by atoms with Crippen LogP contribution >= 0.6 is 11.6 Å². The molecule has 2 amide bonds. The fraction of sp³-hybridized carbons (Fsp3) is 0.250. The Hall–Kier alpha value is -2.84. The van der Waals surface area contributed by atoms with E-state index < -0.39 is 6.04 Å². The molecule has 0 aliphatic heterocycles. The first-order valence-electron chi connectivity index (χ1n) is 8.19. The minimum Gasteiger partial charge on any atom is -0.347 e. The molecule has 0 aliphatic carbocycles. The lowest BCUT2D eigenvalue weighted by Gasteiger charge is -2.20. The molecule has 0 spiro atoms. The molecule has 2 aromatic rings. The first-order chi connectivity index (χ1) is 12.4. The van der Waals surface area contributed by atoms with Gasteiger partial charge in [0.2, 0.25) is 5.91 Å². The van der Waals surface area contributed by atoms with Crippen LogP contribution in [0.3, 0.4) is 0 Å². The largest absolute Gasteiger partial charge is 0.347 e. The number of hydrogen-bond acceptors (Lipinski definition) is 3. The van der Waals surface area contributed by atoms with E-state index >= 15 is 0 Å². The molecule has 0 radical (unpaired) electrons. The van der Waals surface area contributed by atoms with E-state index in [9.17, 15) is 9.59 Å². The Morgan fingerprint density at radius 1 is 1.19 bits per heavy atom. The van der Waals surface area contributed by atoms with Gasteiger partial charge in [-0.05, 0) is 41.8 Å². The van der Waals surface area contributed by atoms with Crippen LogP contribution in [-0.2, 0) is 4.79 Å². The Morgan fingerprint density at radius 3 is 2.46 bits per heavy atom. The first-order valence-corrected chi connectivity index (χ1v) is 8.57. The molecular formula is C20H20ClN3O2. The van der Waals surface area contributed by atoms with Crippen molar-refractivity contribution >= 4 is 23.4 Å². The van der Waals surface area contributed by atoms with Gasteiger partial charge in [-0.3, -0.25) is 9.59 Å². The predicted octanol–water partition coefficient (Wildman–Crippen LogP) is 3.48. The van der Waals surface area contributed by atoms with Crippen molar-refractivity contribution in [2.45, 2.75) is 19.4 Å². The van der Waals surface area contributed by atoms with Gasteiger partial charge in [-0.15, -0.1) is 0 Å². The summed E-state index contributed by atoms with van der Waals surface area (Å²) in [4.78, 5) is 26.1. The van der Waals surface area contributed by atoms with Gasteiger partial charge in [-0.1, -0.05) is 36.7 Å². The number of halogens is 1. The van der Waals surface area contributed by atoms with Crippen molar-refractivity contribution in [3.63, 3.8) is 0 Å². The monoisotopic (exact) mass is 369 g/mol. The van der Waals surface area contributed by atoms with E-state index in [1.807, 2.05) is 19.1 Å². The number of likely N-dealkylation sites (N-methyl/N-ethyl adjacent to an activating group) is 1. The molecule has 0 heterocycles. The summed E-state index contributed by atoms with van der Waals surface area (Å²) in [7, 11) is 3.32. The maximum Gasteiger partial charge on any atom is 0.251 e. The summed E-state index contributed by atoms with van der Waals surface area (Å²) in [5.41, 5.74) is 2.46. The number of carbonyl (C=O) groups is 2. The lowest BCUT2D eigenvalue weighted by molar-refractivity contribution is -0.130. The number of rotatable bonds is 5. The van der Waals surface area contributed by atoms with Crippen LogP contribution in [-0.4, -0.2) is 36.9 Å². The van der Waals surface area contributed by atoms with Gasteiger partial charge >= 0.3 is 0 Å². The number of nitrogens with zero attached hydrogens (tertiary/aromatic N) is 2. The van der Waals surface area contributed by atoms with Crippen molar-refractivity contribution in [2.75, 3.05) is 14.1 Å².